The van der Waals surface area contributed by atoms with Gasteiger partial charge in [0.05, 0.1) is 5.92 Å². The minimum absolute atomic E-state index is 0.0175. The van der Waals surface area contributed by atoms with Crippen molar-refractivity contribution in [2.45, 2.75) is 25.2 Å². The minimum Gasteiger partial charge on any atom is -0.332 e. The Morgan fingerprint density at radius 1 is 1.39 bits per heavy atom. The highest BCUT2D eigenvalue weighted by atomic mass is 16.1. The maximum Gasteiger partial charge on any atom is 0.205 e. The molecule has 3 nitrogen and oxygen atoms in total. The van der Waals surface area contributed by atoms with Gasteiger partial charge in [-0.1, -0.05) is 24.3 Å². The molecule has 1 aromatic heterocycles. The Labute approximate surface area is 106 Å². The maximum atomic E-state index is 12.6. The standard InChI is InChI=1S/C15H16N2O/c1-17-10-9-16-15(17)14(18)13-8-4-6-11-5-2-3-7-12(11)13/h2-3,5,7,9-10,13H,4,6,8H2,1H3. The molecular weight excluding hydrogens is 224 g/mol. The van der Waals surface area contributed by atoms with Crippen LogP contribution in [0.4, 0.5) is 0 Å². The Bertz CT molecular complexity index is 586. The number of nitrogens with zero attached hydrogens (tertiary/aromatic N) is 2. The highest BCUT2D eigenvalue weighted by Gasteiger charge is 2.28. The maximum absolute atomic E-state index is 12.6. The molecule has 0 radical (unpaired) electrons. The predicted molar refractivity (Wildman–Crippen MR) is 69.7 cm³/mol. The number of hydrogen-bond donors (Lipinski definition) is 0. The van der Waals surface area contributed by atoms with Gasteiger partial charge in [0.1, 0.15) is 0 Å². The molecule has 1 aromatic carbocycles. The monoisotopic (exact) mass is 240 g/mol. The van der Waals surface area contributed by atoms with E-state index in [9.17, 15) is 4.79 Å². The van der Waals surface area contributed by atoms with Crippen LogP contribution < -0.4 is 0 Å². The molecule has 0 amide bonds. The van der Waals surface area contributed by atoms with Crippen molar-refractivity contribution in [2.24, 2.45) is 7.05 Å². The average molecular weight is 240 g/mol. The lowest BCUT2D eigenvalue weighted by Gasteiger charge is -2.24. The minimum atomic E-state index is -0.0175. The smallest absolute Gasteiger partial charge is 0.205 e. The molecule has 0 saturated heterocycles. The summed E-state index contributed by atoms with van der Waals surface area (Å²) in [5, 5.41) is 0. The van der Waals surface area contributed by atoms with Crippen LogP contribution in [-0.4, -0.2) is 15.3 Å². The van der Waals surface area contributed by atoms with Gasteiger partial charge < -0.3 is 4.57 Å². The van der Waals surface area contributed by atoms with Crippen molar-refractivity contribution in [1.29, 1.82) is 0 Å². The zero-order valence-corrected chi connectivity index (χ0v) is 10.5. The molecule has 1 aliphatic rings. The quantitative estimate of drug-likeness (QED) is 0.756. The van der Waals surface area contributed by atoms with Gasteiger partial charge in [-0.3, -0.25) is 4.79 Å². The van der Waals surface area contributed by atoms with E-state index in [2.05, 4.69) is 17.1 Å². The molecule has 1 atom stereocenters. The molecule has 0 saturated carbocycles. The Balaban J connectivity index is 2.00. The van der Waals surface area contributed by atoms with Crippen LogP contribution in [0.3, 0.4) is 0 Å². The number of fused-ring (bicyclic) bond motifs is 1. The highest BCUT2D eigenvalue weighted by molar-refractivity contribution is 5.98. The molecule has 2 aromatic rings. The van der Waals surface area contributed by atoms with Crippen LogP contribution in [0.15, 0.2) is 36.7 Å². The first-order chi connectivity index (χ1) is 8.77. The van der Waals surface area contributed by atoms with Crippen LogP contribution in [-0.2, 0) is 13.5 Å². The predicted octanol–water partition coefficient (Wildman–Crippen LogP) is 2.72. The van der Waals surface area contributed by atoms with E-state index in [-0.39, 0.29) is 11.7 Å². The molecular formula is C15H16N2O. The van der Waals surface area contributed by atoms with Gasteiger partial charge in [-0.05, 0) is 30.4 Å². The van der Waals surface area contributed by atoms with Gasteiger partial charge in [-0.15, -0.1) is 0 Å². The molecule has 1 unspecified atom stereocenters. The van der Waals surface area contributed by atoms with Gasteiger partial charge in [-0.2, -0.15) is 0 Å². The average Bonchev–Trinajstić information content (AvgIpc) is 2.83. The van der Waals surface area contributed by atoms with Crippen molar-refractivity contribution in [2.75, 3.05) is 0 Å². The summed E-state index contributed by atoms with van der Waals surface area (Å²) in [6, 6.07) is 8.28. The van der Waals surface area contributed by atoms with E-state index in [0.717, 1.165) is 19.3 Å². The molecule has 1 aliphatic carbocycles. The Kier molecular flexibility index (Phi) is 2.74. The zero-order valence-electron chi connectivity index (χ0n) is 10.5. The third kappa shape index (κ3) is 1.76. The number of Topliss-reactive ketones (excluding diaryl/α,β-unsaturated/α-hetero) is 1. The lowest BCUT2D eigenvalue weighted by molar-refractivity contribution is 0.0937. The van der Waals surface area contributed by atoms with Crippen LogP contribution in [0.5, 0.6) is 0 Å². The highest BCUT2D eigenvalue weighted by Crippen LogP contribution is 2.33. The summed E-state index contributed by atoms with van der Waals surface area (Å²) < 4.78 is 1.81. The number of hydrogen-bond acceptors (Lipinski definition) is 2. The number of carbonyl (C=O) groups is 1. The van der Waals surface area contributed by atoms with Gasteiger partial charge in [0.15, 0.2) is 5.82 Å². The molecule has 3 heteroatoms. The Morgan fingerprint density at radius 2 is 2.22 bits per heavy atom. The van der Waals surface area contributed by atoms with E-state index in [1.807, 2.05) is 25.4 Å². The first-order valence-corrected chi connectivity index (χ1v) is 6.36. The topological polar surface area (TPSA) is 34.9 Å². The Morgan fingerprint density at radius 3 is 3.00 bits per heavy atom. The van der Waals surface area contributed by atoms with Crippen LogP contribution >= 0.6 is 0 Å². The number of carbonyl (C=O) groups excluding carboxylic acids is 1. The number of aromatic nitrogens is 2. The number of ketones is 1. The van der Waals surface area contributed by atoms with Gasteiger partial charge >= 0.3 is 0 Å². The van der Waals surface area contributed by atoms with Crippen LogP contribution in [0.1, 0.15) is 40.5 Å². The van der Waals surface area contributed by atoms with Crippen LogP contribution in [0.25, 0.3) is 0 Å². The number of aryl methyl sites for hydroxylation is 2. The van der Waals surface area contributed by atoms with Crippen LogP contribution in [0.2, 0.25) is 0 Å². The van der Waals surface area contributed by atoms with E-state index in [0.29, 0.717) is 5.82 Å². The molecule has 18 heavy (non-hydrogen) atoms. The van der Waals surface area contributed by atoms with Gasteiger partial charge in [-0.25, -0.2) is 4.98 Å². The largest absolute Gasteiger partial charge is 0.332 e. The Hall–Kier alpha value is -1.90. The SMILES string of the molecule is Cn1ccnc1C(=O)C1CCCc2ccccc21. The first kappa shape index (κ1) is 11.2. The second-order valence-corrected chi connectivity index (χ2v) is 4.87. The van der Waals surface area contributed by atoms with E-state index in [1.165, 1.54) is 11.1 Å². The van der Waals surface area contributed by atoms with Gasteiger partial charge in [0.25, 0.3) is 0 Å². The van der Waals surface area contributed by atoms with Crippen molar-refractivity contribution in [3.8, 4) is 0 Å². The second-order valence-electron chi connectivity index (χ2n) is 4.87. The lowest BCUT2D eigenvalue weighted by atomic mass is 9.80. The summed E-state index contributed by atoms with van der Waals surface area (Å²) >= 11 is 0. The fourth-order valence-electron chi connectivity index (χ4n) is 2.79. The normalized spacial score (nSPS) is 18.4. The summed E-state index contributed by atoms with van der Waals surface area (Å²) in [6.07, 6.45) is 6.60. The summed E-state index contributed by atoms with van der Waals surface area (Å²) in [6.45, 7) is 0. The fraction of sp³-hybridized carbons (Fsp3) is 0.333. The van der Waals surface area contributed by atoms with Crippen molar-refractivity contribution < 1.29 is 4.79 Å². The van der Waals surface area contributed by atoms with E-state index < -0.39 is 0 Å². The molecule has 92 valence electrons. The van der Waals surface area contributed by atoms with Crippen molar-refractivity contribution >= 4 is 5.78 Å². The molecule has 1 heterocycles. The summed E-state index contributed by atoms with van der Waals surface area (Å²) in [5.74, 6) is 0.697. The third-order valence-electron chi connectivity index (χ3n) is 3.73. The van der Waals surface area contributed by atoms with E-state index in [4.69, 9.17) is 0 Å². The summed E-state index contributed by atoms with van der Waals surface area (Å²) in [7, 11) is 1.87. The number of imidazole rings is 1. The third-order valence-corrected chi connectivity index (χ3v) is 3.73. The molecule has 0 fully saturated rings. The van der Waals surface area contributed by atoms with Crippen LogP contribution in [0, 0.1) is 0 Å². The van der Waals surface area contributed by atoms with Crippen molar-refractivity contribution in [1.82, 2.24) is 9.55 Å². The molecule has 0 aliphatic heterocycles. The summed E-state index contributed by atoms with van der Waals surface area (Å²) in [4.78, 5) is 16.7. The molecule has 3 rings (SSSR count). The number of benzene rings is 1. The fourth-order valence-corrected chi connectivity index (χ4v) is 2.79. The lowest BCUT2D eigenvalue weighted by Crippen LogP contribution is -2.21. The molecule has 0 bridgehead atoms. The zero-order chi connectivity index (χ0) is 12.5. The van der Waals surface area contributed by atoms with Gasteiger partial charge in [0.2, 0.25) is 5.78 Å². The number of rotatable bonds is 2. The second kappa shape index (κ2) is 4.41. The molecule has 0 spiro atoms. The summed E-state index contributed by atoms with van der Waals surface area (Å²) in [5.41, 5.74) is 2.51. The van der Waals surface area contributed by atoms with Crippen molar-refractivity contribution in [3.63, 3.8) is 0 Å². The van der Waals surface area contributed by atoms with Crippen molar-refractivity contribution in [3.05, 3.63) is 53.6 Å². The van der Waals surface area contributed by atoms with Gasteiger partial charge in [0, 0.05) is 19.4 Å². The van der Waals surface area contributed by atoms with E-state index >= 15 is 0 Å². The first-order valence-electron chi connectivity index (χ1n) is 6.36. The molecule has 0 N–H and O–H groups in total. The van der Waals surface area contributed by atoms with E-state index in [1.54, 1.807) is 10.8 Å².